The Kier molecular flexibility index (Phi) is 4.49. The molecule has 0 unspecified atom stereocenters. The minimum Gasteiger partial charge on any atom is -0.370 e. The van der Waals surface area contributed by atoms with Crippen LogP contribution in [0.15, 0.2) is 30.5 Å². The summed E-state index contributed by atoms with van der Waals surface area (Å²) in [6, 6.07) is 7.63. The zero-order valence-corrected chi connectivity index (χ0v) is 10.9. The zero-order valence-electron chi connectivity index (χ0n) is 10.9. The van der Waals surface area contributed by atoms with E-state index in [4.69, 9.17) is 5.73 Å². The number of aromatic nitrogens is 3. The van der Waals surface area contributed by atoms with E-state index in [0.29, 0.717) is 12.4 Å². The molecule has 0 fully saturated rings. The van der Waals surface area contributed by atoms with Crippen LogP contribution in [-0.4, -0.2) is 21.5 Å². The highest BCUT2D eigenvalue weighted by molar-refractivity contribution is 5.51. The smallest absolute Gasteiger partial charge is 0.223 e. The topological polar surface area (TPSA) is 88.8 Å². The lowest BCUT2D eigenvalue weighted by Crippen LogP contribution is -2.09. The number of hydrogen-bond acceptors (Lipinski definition) is 6. The van der Waals surface area contributed by atoms with Crippen molar-refractivity contribution in [2.75, 3.05) is 22.9 Å². The summed E-state index contributed by atoms with van der Waals surface area (Å²) in [5.41, 5.74) is 6.63. The molecule has 2 aromatic heterocycles. The SMILES string of the molecule is CCCNc1cc(NCc2ccccn2)nc(N)n1. The second-order valence-corrected chi connectivity index (χ2v) is 4.10. The van der Waals surface area contributed by atoms with Crippen molar-refractivity contribution in [3.8, 4) is 0 Å². The van der Waals surface area contributed by atoms with Crippen molar-refractivity contribution in [3.05, 3.63) is 36.2 Å². The lowest BCUT2D eigenvalue weighted by atomic mass is 10.3. The Balaban J connectivity index is 2.01. The third-order valence-electron chi connectivity index (χ3n) is 2.48. The van der Waals surface area contributed by atoms with E-state index in [1.54, 1.807) is 6.20 Å². The van der Waals surface area contributed by atoms with Gasteiger partial charge in [0.25, 0.3) is 0 Å². The van der Waals surface area contributed by atoms with Crippen molar-refractivity contribution in [2.24, 2.45) is 0 Å². The maximum absolute atomic E-state index is 5.68. The molecule has 0 saturated carbocycles. The van der Waals surface area contributed by atoms with Crippen molar-refractivity contribution in [1.29, 1.82) is 0 Å². The predicted octanol–water partition coefficient (Wildman–Crippen LogP) is 1.89. The average molecular weight is 258 g/mol. The molecule has 2 heterocycles. The fourth-order valence-corrected chi connectivity index (χ4v) is 1.58. The first-order valence-electron chi connectivity index (χ1n) is 6.30. The summed E-state index contributed by atoms with van der Waals surface area (Å²) >= 11 is 0. The molecule has 4 N–H and O–H groups in total. The van der Waals surface area contributed by atoms with E-state index >= 15 is 0 Å². The lowest BCUT2D eigenvalue weighted by Gasteiger charge is -2.09. The molecular formula is C13H18N6. The molecule has 0 aromatic carbocycles. The number of nitrogens with two attached hydrogens (primary N) is 1. The van der Waals surface area contributed by atoms with Gasteiger partial charge in [0.2, 0.25) is 5.95 Å². The van der Waals surface area contributed by atoms with Crippen LogP contribution in [0, 0.1) is 0 Å². The van der Waals surface area contributed by atoms with Gasteiger partial charge in [-0.1, -0.05) is 13.0 Å². The van der Waals surface area contributed by atoms with Crippen LogP contribution in [0.3, 0.4) is 0 Å². The van der Waals surface area contributed by atoms with Gasteiger partial charge in [0.05, 0.1) is 12.2 Å². The van der Waals surface area contributed by atoms with Gasteiger partial charge in [-0.2, -0.15) is 9.97 Å². The molecule has 2 rings (SSSR count). The maximum Gasteiger partial charge on any atom is 0.223 e. The highest BCUT2D eigenvalue weighted by atomic mass is 15.1. The zero-order chi connectivity index (χ0) is 13.5. The van der Waals surface area contributed by atoms with Crippen molar-refractivity contribution in [1.82, 2.24) is 15.0 Å². The molecule has 6 nitrogen and oxygen atoms in total. The van der Waals surface area contributed by atoms with Crippen molar-refractivity contribution >= 4 is 17.6 Å². The molecule has 0 bridgehead atoms. The Morgan fingerprint density at radius 3 is 2.63 bits per heavy atom. The second kappa shape index (κ2) is 6.53. The number of nitrogen functional groups attached to an aromatic ring is 1. The van der Waals surface area contributed by atoms with Gasteiger partial charge in [-0.25, -0.2) is 0 Å². The largest absolute Gasteiger partial charge is 0.370 e. The highest BCUT2D eigenvalue weighted by Crippen LogP contribution is 2.13. The third kappa shape index (κ3) is 4.09. The summed E-state index contributed by atoms with van der Waals surface area (Å²) < 4.78 is 0. The minimum atomic E-state index is 0.254. The summed E-state index contributed by atoms with van der Waals surface area (Å²) in [4.78, 5) is 12.5. The molecule has 0 amide bonds. The molecule has 6 heteroatoms. The van der Waals surface area contributed by atoms with Crippen LogP contribution in [0.25, 0.3) is 0 Å². The summed E-state index contributed by atoms with van der Waals surface area (Å²) in [6.45, 7) is 3.55. The monoisotopic (exact) mass is 258 g/mol. The lowest BCUT2D eigenvalue weighted by molar-refractivity contribution is 0.963. The van der Waals surface area contributed by atoms with E-state index in [1.807, 2.05) is 24.3 Å². The van der Waals surface area contributed by atoms with Gasteiger partial charge in [0.1, 0.15) is 11.6 Å². The van der Waals surface area contributed by atoms with Gasteiger partial charge in [-0.15, -0.1) is 0 Å². The van der Waals surface area contributed by atoms with Gasteiger partial charge >= 0.3 is 0 Å². The van der Waals surface area contributed by atoms with Gasteiger partial charge in [0, 0.05) is 18.8 Å². The quantitative estimate of drug-likeness (QED) is 0.733. The fraction of sp³-hybridized carbons (Fsp3) is 0.308. The molecule has 19 heavy (non-hydrogen) atoms. The van der Waals surface area contributed by atoms with E-state index < -0.39 is 0 Å². The first kappa shape index (κ1) is 13.1. The number of rotatable bonds is 6. The Morgan fingerprint density at radius 1 is 1.16 bits per heavy atom. The van der Waals surface area contributed by atoms with Crippen LogP contribution in [0.4, 0.5) is 17.6 Å². The van der Waals surface area contributed by atoms with Crippen molar-refractivity contribution in [3.63, 3.8) is 0 Å². The Bertz CT molecular complexity index is 514. The van der Waals surface area contributed by atoms with Crippen LogP contribution in [0.2, 0.25) is 0 Å². The van der Waals surface area contributed by atoms with Crippen molar-refractivity contribution in [2.45, 2.75) is 19.9 Å². The molecule has 100 valence electrons. The number of anilines is 3. The van der Waals surface area contributed by atoms with Crippen LogP contribution < -0.4 is 16.4 Å². The Hall–Kier alpha value is -2.37. The van der Waals surface area contributed by atoms with Gasteiger partial charge in [0.15, 0.2) is 0 Å². The van der Waals surface area contributed by atoms with Gasteiger partial charge in [-0.3, -0.25) is 4.98 Å². The summed E-state index contributed by atoms with van der Waals surface area (Å²) in [5, 5.41) is 6.37. The van der Waals surface area contributed by atoms with Crippen LogP contribution in [0.5, 0.6) is 0 Å². The number of pyridine rings is 1. The molecule has 0 saturated heterocycles. The summed E-state index contributed by atoms with van der Waals surface area (Å²) in [5.74, 6) is 1.68. The normalized spacial score (nSPS) is 10.2. The number of hydrogen-bond donors (Lipinski definition) is 3. The summed E-state index contributed by atoms with van der Waals surface area (Å²) in [7, 11) is 0. The van der Waals surface area contributed by atoms with E-state index in [-0.39, 0.29) is 5.95 Å². The standard InChI is InChI=1S/C13H18N6/c1-2-6-16-11-8-12(19-13(14)18-11)17-9-10-5-3-4-7-15-10/h3-5,7-8H,2,6,9H2,1H3,(H4,14,16,17,18,19). The highest BCUT2D eigenvalue weighted by Gasteiger charge is 2.02. The maximum atomic E-state index is 5.68. The van der Waals surface area contributed by atoms with Crippen LogP contribution in [0.1, 0.15) is 19.0 Å². The van der Waals surface area contributed by atoms with E-state index in [1.165, 1.54) is 0 Å². The molecular weight excluding hydrogens is 240 g/mol. The second-order valence-electron chi connectivity index (χ2n) is 4.10. The van der Waals surface area contributed by atoms with E-state index in [0.717, 1.165) is 24.5 Å². The Morgan fingerprint density at radius 2 is 1.95 bits per heavy atom. The summed E-state index contributed by atoms with van der Waals surface area (Å²) in [6.07, 6.45) is 2.79. The minimum absolute atomic E-state index is 0.254. The van der Waals surface area contributed by atoms with E-state index in [9.17, 15) is 0 Å². The first-order valence-corrected chi connectivity index (χ1v) is 6.30. The average Bonchev–Trinajstić information content (AvgIpc) is 2.43. The number of nitrogens with zero attached hydrogens (tertiary/aromatic N) is 3. The molecule has 0 aliphatic heterocycles. The molecule has 0 radical (unpaired) electrons. The van der Waals surface area contributed by atoms with Gasteiger partial charge < -0.3 is 16.4 Å². The molecule has 0 atom stereocenters. The molecule has 0 aliphatic rings. The first-order chi connectivity index (χ1) is 9.28. The molecule has 2 aromatic rings. The van der Waals surface area contributed by atoms with Gasteiger partial charge in [-0.05, 0) is 18.6 Å². The van der Waals surface area contributed by atoms with Crippen molar-refractivity contribution < 1.29 is 0 Å². The fourth-order valence-electron chi connectivity index (χ4n) is 1.58. The van der Waals surface area contributed by atoms with E-state index in [2.05, 4.69) is 32.5 Å². The van der Waals surface area contributed by atoms with Crippen LogP contribution >= 0.6 is 0 Å². The number of nitrogens with one attached hydrogen (secondary N) is 2. The van der Waals surface area contributed by atoms with Crippen LogP contribution in [-0.2, 0) is 6.54 Å². The third-order valence-corrected chi connectivity index (χ3v) is 2.48. The Labute approximate surface area is 112 Å². The molecule has 0 spiro atoms. The predicted molar refractivity (Wildman–Crippen MR) is 76.8 cm³/mol. The molecule has 0 aliphatic carbocycles.